The van der Waals surface area contributed by atoms with Crippen molar-refractivity contribution in [2.24, 2.45) is 5.92 Å². The van der Waals surface area contributed by atoms with Crippen LogP contribution < -0.4 is 10.6 Å². The predicted octanol–water partition coefficient (Wildman–Crippen LogP) is 3.09. The third-order valence-corrected chi connectivity index (χ3v) is 3.77. The molecule has 0 unspecified atom stereocenters. The fourth-order valence-electron chi connectivity index (χ4n) is 2.24. The third-order valence-electron chi connectivity index (χ3n) is 3.77. The number of carbonyl (C=O) groups is 1. The van der Waals surface area contributed by atoms with Gasteiger partial charge in [-0.3, -0.25) is 4.79 Å². The second-order valence-corrected chi connectivity index (χ2v) is 6.00. The Morgan fingerprint density at radius 2 is 1.89 bits per heavy atom. The lowest BCUT2D eigenvalue weighted by atomic mass is 9.93. The Balaban J connectivity index is 2.21. The summed E-state index contributed by atoms with van der Waals surface area (Å²) in [5, 5.41) is 6.21. The van der Waals surface area contributed by atoms with Gasteiger partial charge in [-0.25, -0.2) is 0 Å². The van der Waals surface area contributed by atoms with Crippen LogP contribution >= 0.6 is 0 Å². The van der Waals surface area contributed by atoms with Crippen molar-refractivity contribution >= 4 is 11.6 Å². The molecule has 2 N–H and O–H groups in total. The van der Waals surface area contributed by atoms with Crippen LogP contribution in [0.25, 0.3) is 0 Å². The highest BCUT2D eigenvalue weighted by molar-refractivity contribution is 5.94. The monoisotopic (exact) mass is 260 g/mol. The largest absolute Gasteiger partial charge is 0.326 e. The van der Waals surface area contributed by atoms with Crippen LogP contribution in [0.1, 0.15) is 50.7 Å². The van der Waals surface area contributed by atoms with E-state index in [2.05, 4.69) is 56.5 Å². The van der Waals surface area contributed by atoms with Gasteiger partial charge < -0.3 is 10.6 Å². The summed E-state index contributed by atoms with van der Waals surface area (Å²) in [6, 6.07) is 6.39. The predicted molar refractivity (Wildman–Crippen MR) is 79.6 cm³/mol. The zero-order valence-corrected chi connectivity index (χ0v) is 12.3. The minimum absolute atomic E-state index is 0.129. The zero-order chi connectivity index (χ0) is 14.0. The topological polar surface area (TPSA) is 41.1 Å². The molecule has 3 nitrogen and oxygen atoms in total. The molecule has 1 saturated heterocycles. The second kappa shape index (κ2) is 5.74. The van der Waals surface area contributed by atoms with Gasteiger partial charge in [0.2, 0.25) is 5.91 Å². The van der Waals surface area contributed by atoms with Crippen LogP contribution in [0.15, 0.2) is 18.2 Å². The summed E-state index contributed by atoms with van der Waals surface area (Å²) in [5.41, 5.74) is 3.52. The van der Waals surface area contributed by atoms with E-state index in [4.69, 9.17) is 0 Å². The first kappa shape index (κ1) is 14.1. The van der Waals surface area contributed by atoms with Crippen molar-refractivity contribution in [3.63, 3.8) is 0 Å². The SMILES string of the molecule is CC(C)c1ccc(NC(=O)C2CNC2)c(C(C)C)c1. The Kier molecular flexibility index (Phi) is 4.25. The first-order valence-corrected chi connectivity index (χ1v) is 7.14. The Morgan fingerprint density at radius 1 is 1.21 bits per heavy atom. The summed E-state index contributed by atoms with van der Waals surface area (Å²) >= 11 is 0. The molecule has 0 aromatic heterocycles. The Labute approximate surface area is 115 Å². The maximum absolute atomic E-state index is 12.0. The van der Waals surface area contributed by atoms with E-state index < -0.39 is 0 Å². The number of rotatable bonds is 4. The van der Waals surface area contributed by atoms with Gasteiger partial charge in [0.1, 0.15) is 0 Å². The summed E-state index contributed by atoms with van der Waals surface area (Å²) in [6.07, 6.45) is 0. The molecule has 1 aromatic carbocycles. The first-order chi connectivity index (χ1) is 8.99. The van der Waals surface area contributed by atoms with Crippen molar-refractivity contribution in [2.75, 3.05) is 18.4 Å². The van der Waals surface area contributed by atoms with Crippen LogP contribution in [0.5, 0.6) is 0 Å². The van der Waals surface area contributed by atoms with E-state index in [9.17, 15) is 4.79 Å². The van der Waals surface area contributed by atoms with Gasteiger partial charge in [0.15, 0.2) is 0 Å². The lowest BCUT2D eigenvalue weighted by Crippen LogP contribution is -2.48. The van der Waals surface area contributed by atoms with Crippen LogP contribution in [-0.4, -0.2) is 19.0 Å². The van der Waals surface area contributed by atoms with Gasteiger partial charge in [-0.05, 0) is 29.0 Å². The number of carbonyl (C=O) groups excluding carboxylic acids is 1. The maximum Gasteiger partial charge on any atom is 0.230 e. The van der Waals surface area contributed by atoms with Gasteiger partial charge in [0, 0.05) is 18.8 Å². The molecule has 0 saturated carbocycles. The van der Waals surface area contributed by atoms with Crippen molar-refractivity contribution in [3.8, 4) is 0 Å². The lowest BCUT2D eigenvalue weighted by Gasteiger charge is -2.26. The summed E-state index contributed by atoms with van der Waals surface area (Å²) in [6.45, 7) is 10.3. The van der Waals surface area contributed by atoms with E-state index >= 15 is 0 Å². The molecule has 1 amide bonds. The molecule has 1 aromatic rings. The van der Waals surface area contributed by atoms with Gasteiger partial charge in [0.25, 0.3) is 0 Å². The van der Waals surface area contributed by atoms with E-state index in [0.717, 1.165) is 18.8 Å². The quantitative estimate of drug-likeness (QED) is 0.873. The molecule has 1 aliphatic heterocycles. The van der Waals surface area contributed by atoms with Crippen LogP contribution in [0, 0.1) is 5.92 Å². The Hall–Kier alpha value is -1.35. The molecule has 3 heteroatoms. The molecule has 19 heavy (non-hydrogen) atoms. The molecular formula is C16H24N2O. The molecule has 1 aliphatic rings. The van der Waals surface area contributed by atoms with Crippen molar-refractivity contribution in [1.29, 1.82) is 0 Å². The summed E-state index contributed by atoms with van der Waals surface area (Å²) < 4.78 is 0. The first-order valence-electron chi connectivity index (χ1n) is 7.14. The molecule has 104 valence electrons. The van der Waals surface area contributed by atoms with Crippen LogP contribution in [0.2, 0.25) is 0 Å². The van der Waals surface area contributed by atoms with Gasteiger partial charge >= 0.3 is 0 Å². The normalized spacial score (nSPS) is 15.7. The molecular weight excluding hydrogens is 236 g/mol. The van der Waals surface area contributed by atoms with Crippen LogP contribution in [-0.2, 0) is 4.79 Å². The fraction of sp³-hybridized carbons (Fsp3) is 0.562. The van der Waals surface area contributed by atoms with Crippen molar-refractivity contribution in [3.05, 3.63) is 29.3 Å². The summed E-state index contributed by atoms with van der Waals surface area (Å²) in [7, 11) is 0. The molecule has 0 aliphatic carbocycles. The molecule has 1 heterocycles. The molecule has 0 atom stereocenters. The molecule has 0 spiro atoms. The molecule has 2 rings (SSSR count). The summed E-state index contributed by atoms with van der Waals surface area (Å²) in [5.74, 6) is 1.19. The zero-order valence-electron chi connectivity index (χ0n) is 12.3. The summed E-state index contributed by atoms with van der Waals surface area (Å²) in [4.78, 5) is 12.0. The van der Waals surface area contributed by atoms with Gasteiger partial charge in [-0.1, -0.05) is 39.8 Å². The van der Waals surface area contributed by atoms with Crippen molar-refractivity contribution in [1.82, 2.24) is 5.32 Å². The minimum Gasteiger partial charge on any atom is -0.326 e. The van der Waals surface area contributed by atoms with Gasteiger partial charge in [-0.2, -0.15) is 0 Å². The average Bonchev–Trinajstić information content (AvgIpc) is 2.26. The number of hydrogen-bond donors (Lipinski definition) is 2. The number of amides is 1. The van der Waals surface area contributed by atoms with E-state index in [1.54, 1.807) is 0 Å². The van der Waals surface area contributed by atoms with Gasteiger partial charge in [0.05, 0.1) is 5.92 Å². The number of hydrogen-bond acceptors (Lipinski definition) is 2. The highest BCUT2D eigenvalue weighted by Crippen LogP contribution is 2.28. The van der Waals surface area contributed by atoms with E-state index in [-0.39, 0.29) is 11.8 Å². The van der Waals surface area contributed by atoms with Crippen LogP contribution in [0.3, 0.4) is 0 Å². The maximum atomic E-state index is 12.0. The van der Waals surface area contributed by atoms with Gasteiger partial charge in [-0.15, -0.1) is 0 Å². The van der Waals surface area contributed by atoms with E-state index in [0.29, 0.717) is 11.8 Å². The lowest BCUT2D eigenvalue weighted by molar-refractivity contribution is -0.121. The Bertz CT molecular complexity index is 462. The van der Waals surface area contributed by atoms with Crippen LogP contribution in [0.4, 0.5) is 5.69 Å². The highest BCUT2D eigenvalue weighted by Gasteiger charge is 2.25. The number of nitrogens with one attached hydrogen (secondary N) is 2. The molecule has 0 radical (unpaired) electrons. The average molecular weight is 260 g/mol. The Morgan fingerprint density at radius 3 is 2.37 bits per heavy atom. The smallest absolute Gasteiger partial charge is 0.230 e. The molecule has 0 bridgehead atoms. The molecule has 1 fully saturated rings. The second-order valence-electron chi connectivity index (χ2n) is 6.00. The van der Waals surface area contributed by atoms with Crippen molar-refractivity contribution < 1.29 is 4.79 Å². The standard InChI is InChI=1S/C16H24N2O/c1-10(2)12-5-6-15(14(7-12)11(3)4)18-16(19)13-8-17-9-13/h5-7,10-11,13,17H,8-9H2,1-4H3,(H,18,19). The fourth-order valence-corrected chi connectivity index (χ4v) is 2.24. The third kappa shape index (κ3) is 3.16. The van der Waals surface area contributed by atoms with E-state index in [1.165, 1.54) is 11.1 Å². The van der Waals surface area contributed by atoms with E-state index in [1.807, 2.05) is 0 Å². The number of anilines is 1. The number of benzene rings is 1. The minimum atomic E-state index is 0.129. The van der Waals surface area contributed by atoms with Crippen molar-refractivity contribution in [2.45, 2.75) is 39.5 Å². The highest BCUT2D eigenvalue weighted by atomic mass is 16.2.